The molecule has 2 fully saturated rings. The molecule has 2 aromatic rings. The van der Waals surface area contributed by atoms with Gasteiger partial charge in [0.2, 0.25) is 5.91 Å². The summed E-state index contributed by atoms with van der Waals surface area (Å²) in [6.45, 7) is 7.11. The van der Waals surface area contributed by atoms with E-state index in [9.17, 15) is 9.59 Å². The van der Waals surface area contributed by atoms with Crippen LogP contribution in [0.3, 0.4) is 0 Å². The van der Waals surface area contributed by atoms with Crippen molar-refractivity contribution in [3.8, 4) is 5.75 Å². The molecule has 1 N–H and O–H groups in total. The van der Waals surface area contributed by atoms with Crippen molar-refractivity contribution in [2.45, 2.75) is 95.8 Å². The zero-order valence-electron chi connectivity index (χ0n) is 22.2. The Morgan fingerprint density at radius 3 is 2.53 bits per heavy atom. The van der Waals surface area contributed by atoms with Gasteiger partial charge >= 0.3 is 0 Å². The Hall–Kier alpha value is -2.54. The molecule has 1 aromatic carbocycles. The van der Waals surface area contributed by atoms with Crippen molar-refractivity contribution < 1.29 is 14.3 Å². The van der Waals surface area contributed by atoms with E-state index in [2.05, 4.69) is 17.1 Å². The molecule has 1 aromatic heterocycles. The molecule has 0 unspecified atom stereocenters. The van der Waals surface area contributed by atoms with E-state index in [1.165, 1.54) is 32.1 Å². The van der Waals surface area contributed by atoms with Gasteiger partial charge in [-0.2, -0.15) is 0 Å². The van der Waals surface area contributed by atoms with E-state index in [4.69, 9.17) is 4.74 Å². The average molecular weight is 495 g/mol. The minimum atomic E-state index is -0.954. The predicted octanol–water partition coefficient (Wildman–Crippen LogP) is 4.58. The second kappa shape index (κ2) is 10.4. The summed E-state index contributed by atoms with van der Waals surface area (Å²) in [6.07, 6.45) is 10.5. The molecule has 2 amide bonds. The third kappa shape index (κ3) is 4.74. The quantitative estimate of drug-likeness (QED) is 0.597. The maximum absolute atomic E-state index is 14.0. The maximum atomic E-state index is 14.0. The molecule has 36 heavy (non-hydrogen) atoms. The third-order valence-electron chi connectivity index (χ3n) is 8.87. The lowest BCUT2D eigenvalue weighted by atomic mass is 9.93. The fraction of sp³-hybridized carbons (Fsp3) is 0.655. The maximum Gasteiger partial charge on any atom is 0.271 e. The van der Waals surface area contributed by atoms with Crippen molar-refractivity contribution >= 4 is 22.7 Å². The van der Waals surface area contributed by atoms with E-state index >= 15 is 0 Å². The number of hydrogen-bond donors (Lipinski definition) is 1. The Balaban J connectivity index is 1.47. The van der Waals surface area contributed by atoms with Crippen LogP contribution in [0.25, 0.3) is 10.9 Å². The van der Waals surface area contributed by atoms with Gasteiger partial charge in [0.25, 0.3) is 5.91 Å². The van der Waals surface area contributed by atoms with E-state index in [0.717, 1.165) is 55.4 Å². The first-order valence-corrected chi connectivity index (χ1v) is 13.9. The van der Waals surface area contributed by atoms with Crippen LogP contribution in [0.15, 0.2) is 24.3 Å². The van der Waals surface area contributed by atoms with Crippen LogP contribution in [0.1, 0.15) is 82.1 Å². The number of piperidine rings is 1. The highest BCUT2D eigenvalue weighted by atomic mass is 16.5. The summed E-state index contributed by atoms with van der Waals surface area (Å²) in [5.74, 6) is 0.673. The van der Waals surface area contributed by atoms with Crippen molar-refractivity contribution in [3.63, 3.8) is 0 Å². The minimum Gasteiger partial charge on any atom is -0.497 e. The molecule has 7 heteroatoms. The molecular formula is C29H42N4O3. The van der Waals surface area contributed by atoms with Crippen LogP contribution >= 0.6 is 0 Å². The van der Waals surface area contributed by atoms with Gasteiger partial charge in [0.1, 0.15) is 17.0 Å². The summed E-state index contributed by atoms with van der Waals surface area (Å²) in [7, 11) is 1.65. The largest absolute Gasteiger partial charge is 0.497 e. The molecule has 3 heterocycles. The van der Waals surface area contributed by atoms with Crippen LogP contribution in [0.2, 0.25) is 0 Å². The number of rotatable bonds is 6. The number of carbonyl (C=O) groups excluding carboxylic acids is 2. The van der Waals surface area contributed by atoms with Gasteiger partial charge in [-0.1, -0.05) is 32.1 Å². The number of methoxy groups -OCH3 is 1. The molecule has 1 saturated heterocycles. The molecule has 2 aliphatic heterocycles. The molecular weight excluding hydrogens is 452 g/mol. The molecule has 7 nitrogen and oxygen atoms in total. The van der Waals surface area contributed by atoms with Gasteiger partial charge in [0, 0.05) is 36.6 Å². The summed E-state index contributed by atoms with van der Waals surface area (Å²) in [6, 6.07) is 8.57. The topological polar surface area (TPSA) is 66.8 Å². The molecule has 196 valence electrons. The Bertz CT molecular complexity index is 1100. The predicted molar refractivity (Wildman–Crippen MR) is 142 cm³/mol. The molecule has 0 bridgehead atoms. The molecule has 1 aliphatic carbocycles. The monoisotopic (exact) mass is 494 g/mol. The lowest BCUT2D eigenvalue weighted by Gasteiger charge is -2.46. The second-order valence-electron chi connectivity index (χ2n) is 11.3. The van der Waals surface area contributed by atoms with Crippen molar-refractivity contribution in [1.29, 1.82) is 0 Å². The van der Waals surface area contributed by atoms with Gasteiger partial charge in [-0.3, -0.25) is 14.5 Å². The van der Waals surface area contributed by atoms with Crippen LogP contribution in [0.5, 0.6) is 5.75 Å². The number of ether oxygens (including phenoxy) is 1. The highest BCUT2D eigenvalue weighted by Crippen LogP contribution is 2.34. The highest BCUT2D eigenvalue weighted by molar-refractivity contribution is 6.03. The number of fused-ring (bicyclic) bond motifs is 3. The number of hydrogen-bond acceptors (Lipinski definition) is 4. The van der Waals surface area contributed by atoms with Crippen LogP contribution in [0, 0.1) is 0 Å². The highest BCUT2D eigenvalue weighted by Gasteiger charge is 2.48. The molecule has 0 spiro atoms. The molecule has 0 radical (unpaired) electrons. The summed E-state index contributed by atoms with van der Waals surface area (Å²) < 4.78 is 7.50. The first-order chi connectivity index (χ1) is 17.4. The van der Waals surface area contributed by atoms with E-state index in [1.807, 2.05) is 40.7 Å². The first-order valence-electron chi connectivity index (χ1n) is 13.9. The van der Waals surface area contributed by atoms with Gasteiger partial charge in [-0.05, 0) is 64.3 Å². The average Bonchev–Trinajstić information content (AvgIpc) is 3.04. The van der Waals surface area contributed by atoms with Crippen molar-refractivity contribution in [2.75, 3.05) is 26.7 Å². The normalized spacial score (nSPS) is 26.0. The van der Waals surface area contributed by atoms with Crippen LogP contribution in [-0.4, -0.2) is 70.5 Å². The van der Waals surface area contributed by atoms with Crippen LogP contribution in [-0.2, 0) is 11.3 Å². The fourth-order valence-electron chi connectivity index (χ4n) is 6.49. The first kappa shape index (κ1) is 25.1. The van der Waals surface area contributed by atoms with Gasteiger partial charge in [0.05, 0.1) is 19.2 Å². The van der Waals surface area contributed by atoms with E-state index in [0.29, 0.717) is 24.8 Å². The van der Waals surface area contributed by atoms with E-state index in [1.54, 1.807) is 7.11 Å². The summed E-state index contributed by atoms with van der Waals surface area (Å²) in [5, 5.41) is 4.37. The van der Waals surface area contributed by atoms with Gasteiger partial charge in [-0.15, -0.1) is 0 Å². The summed E-state index contributed by atoms with van der Waals surface area (Å²) in [4.78, 5) is 32.4. The van der Waals surface area contributed by atoms with Crippen LogP contribution < -0.4 is 10.1 Å². The van der Waals surface area contributed by atoms with Gasteiger partial charge in [-0.25, -0.2) is 0 Å². The van der Waals surface area contributed by atoms with E-state index in [-0.39, 0.29) is 17.9 Å². The molecule has 5 rings (SSSR count). The van der Waals surface area contributed by atoms with Gasteiger partial charge < -0.3 is 19.5 Å². The fourth-order valence-corrected chi connectivity index (χ4v) is 6.49. The van der Waals surface area contributed by atoms with E-state index < -0.39 is 5.54 Å². The Morgan fingerprint density at radius 1 is 1.06 bits per heavy atom. The number of likely N-dealkylation sites (tertiary alicyclic amines) is 1. The number of benzene rings is 1. The number of nitrogens with one attached hydrogen (secondary N) is 1. The zero-order chi connectivity index (χ0) is 25.3. The molecule has 1 saturated carbocycles. The van der Waals surface area contributed by atoms with Gasteiger partial charge in [0.15, 0.2) is 0 Å². The van der Waals surface area contributed by atoms with Crippen molar-refractivity contribution in [1.82, 2.24) is 19.7 Å². The number of nitrogens with zero attached hydrogens (tertiary/aromatic N) is 3. The summed E-state index contributed by atoms with van der Waals surface area (Å²) >= 11 is 0. The standard InChI is InChI=1S/C29H42N4O3/c1-21-10-8-9-15-31(21)16-17-33-27(34)26-18-22-13-14-24(36-3)19-25(22)32(26)20-29(33,2)28(35)30-23-11-6-4-5-7-12-23/h13-14,18-19,21,23H,4-12,15-17,20H2,1-3H3,(H,30,35)/t21-,29+/m0/s1. The lowest BCUT2D eigenvalue weighted by Crippen LogP contribution is -2.66. The van der Waals surface area contributed by atoms with Crippen LogP contribution in [0.4, 0.5) is 0 Å². The molecule has 2 atom stereocenters. The Kier molecular flexibility index (Phi) is 7.29. The second-order valence-corrected chi connectivity index (χ2v) is 11.3. The number of carbonyl (C=O) groups is 2. The smallest absolute Gasteiger partial charge is 0.271 e. The lowest BCUT2D eigenvalue weighted by molar-refractivity contribution is -0.133. The Labute approximate surface area is 215 Å². The third-order valence-corrected chi connectivity index (χ3v) is 8.87. The van der Waals surface area contributed by atoms with Crippen molar-refractivity contribution in [3.05, 3.63) is 30.0 Å². The summed E-state index contributed by atoms with van der Waals surface area (Å²) in [5.41, 5.74) is 0.643. The van der Waals surface area contributed by atoms with Crippen molar-refractivity contribution in [2.24, 2.45) is 0 Å². The Morgan fingerprint density at radius 2 is 1.81 bits per heavy atom. The number of amides is 2. The number of aromatic nitrogens is 1. The SMILES string of the molecule is COc1ccc2cc3n(c2c1)C[C@](C)(C(=O)NC1CCCCCC1)N(CCN1CCCC[C@@H]1C)C3=O. The minimum absolute atomic E-state index is 0.0233. The molecule has 3 aliphatic rings. The zero-order valence-corrected chi connectivity index (χ0v) is 22.2.